The van der Waals surface area contributed by atoms with Crippen LogP contribution in [0.1, 0.15) is 30.2 Å². The lowest BCUT2D eigenvalue weighted by Crippen LogP contribution is -2.50. The molecule has 25 heavy (non-hydrogen) atoms. The van der Waals surface area contributed by atoms with Gasteiger partial charge in [-0.15, -0.1) is 0 Å². The van der Waals surface area contributed by atoms with Crippen molar-refractivity contribution in [2.24, 2.45) is 7.05 Å². The molecule has 2 atom stereocenters. The number of aryl methyl sites for hydroxylation is 2. The number of hydrogen-bond donors (Lipinski definition) is 2. The Bertz CT molecular complexity index is 710. The highest BCUT2D eigenvalue weighted by Gasteiger charge is 2.35. The van der Waals surface area contributed by atoms with Crippen molar-refractivity contribution in [1.82, 2.24) is 29.7 Å². The van der Waals surface area contributed by atoms with Crippen molar-refractivity contribution in [3.8, 4) is 0 Å². The highest BCUT2D eigenvalue weighted by atomic mass is 16.5. The van der Waals surface area contributed by atoms with E-state index in [0.717, 1.165) is 30.3 Å². The zero-order valence-electron chi connectivity index (χ0n) is 15.0. The number of aromatic nitrogens is 4. The Balaban J connectivity index is 1.66. The quantitative estimate of drug-likeness (QED) is 0.798. The molecule has 0 aliphatic carbocycles. The molecule has 0 unspecified atom stereocenters. The summed E-state index contributed by atoms with van der Waals surface area (Å²) in [7, 11) is 1.99. The van der Waals surface area contributed by atoms with Gasteiger partial charge in [-0.3, -0.25) is 9.69 Å². The summed E-state index contributed by atoms with van der Waals surface area (Å²) in [5.74, 6) is 0.912. The van der Waals surface area contributed by atoms with Crippen molar-refractivity contribution < 1.29 is 9.53 Å². The number of carbonyl (C=O) groups is 1. The molecular weight excluding hydrogens is 320 g/mol. The number of nitrogens with zero attached hydrogens (tertiary/aromatic N) is 4. The maximum Gasteiger partial charge on any atom is 0.226 e. The second-order valence-corrected chi connectivity index (χ2v) is 6.33. The average molecular weight is 346 g/mol. The first-order valence-corrected chi connectivity index (χ1v) is 8.68. The molecule has 1 aliphatic heterocycles. The molecule has 0 saturated carbocycles. The van der Waals surface area contributed by atoms with Crippen molar-refractivity contribution in [3.63, 3.8) is 0 Å². The zero-order valence-corrected chi connectivity index (χ0v) is 15.0. The highest BCUT2D eigenvalue weighted by Crippen LogP contribution is 2.27. The van der Waals surface area contributed by atoms with Crippen molar-refractivity contribution in [1.29, 1.82) is 0 Å². The molecule has 0 radical (unpaired) electrons. The van der Waals surface area contributed by atoms with Crippen LogP contribution in [0, 0.1) is 6.92 Å². The number of H-pyrrole nitrogens is 1. The number of nitrogens with one attached hydrogen (secondary N) is 2. The lowest BCUT2D eigenvalue weighted by molar-refractivity contribution is -0.123. The van der Waals surface area contributed by atoms with Gasteiger partial charge >= 0.3 is 0 Å². The maximum atomic E-state index is 12.3. The van der Waals surface area contributed by atoms with Crippen LogP contribution < -0.4 is 5.32 Å². The summed E-state index contributed by atoms with van der Waals surface area (Å²) in [6.45, 7) is 6.94. The fourth-order valence-electron chi connectivity index (χ4n) is 3.30. The molecule has 0 bridgehead atoms. The van der Waals surface area contributed by atoms with E-state index < -0.39 is 0 Å². The molecule has 8 heteroatoms. The molecule has 1 saturated heterocycles. The Kier molecular flexibility index (Phi) is 5.50. The molecule has 1 aliphatic rings. The van der Waals surface area contributed by atoms with E-state index in [9.17, 15) is 4.79 Å². The van der Waals surface area contributed by atoms with Gasteiger partial charge < -0.3 is 19.6 Å². The minimum absolute atomic E-state index is 0.0335. The van der Waals surface area contributed by atoms with E-state index in [1.165, 1.54) is 0 Å². The molecule has 136 valence electrons. The van der Waals surface area contributed by atoms with Crippen LogP contribution in [0.3, 0.4) is 0 Å². The van der Waals surface area contributed by atoms with Gasteiger partial charge in [0.2, 0.25) is 5.91 Å². The van der Waals surface area contributed by atoms with Gasteiger partial charge in [0.15, 0.2) is 0 Å². The van der Waals surface area contributed by atoms with Crippen molar-refractivity contribution in [2.45, 2.75) is 32.4 Å². The van der Waals surface area contributed by atoms with Crippen molar-refractivity contribution >= 4 is 5.91 Å². The largest absolute Gasteiger partial charge is 0.373 e. The van der Waals surface area contributed by atoms with E-state index in [2.05, 4.69) is 32.1 Å². The minimum atomic E-state index is -0.126. The van der Waals surface area contributed by atoms with Crippen LogP contribution >= 0.6 is 0 Å². The van der Waals surface area contributed by atoms with E-state index >= 15 is 0 Å². The minimum Gasteiger partial charge on any atom is -0.373 e. The summed E-state index contributed by atoms with van der Waals surface area (Å²) in [4.78, 5) is 26.3. The monoisotopic (exact) mass is 346 g/mol. The Morgan fingerprint density at radius 2 is 2.32 bits per heavy atom. The second kappa shape index (κ2) is 7.79. The molecule has 2 aromatic rings. The van der Waals surface area contributed by atoms with E-state index in [1.807, 2.05) is 24.7 Å². The summed E-state index contributed by atoms with van der Waals surface area (Å²) >= 11 is 0. The van der Waals surface area contributed by atoms with Gasteiger partial charge in [-0.25, -0.2) is 9.97 Å². The number of imidazole rings is 2. The van der Waals surface area contributed by atoms with E-state index in [0.29, 0.717) is 13.2 Å². The number of morpholine rings is 1. The van der Waals surface area contributed by atoms with Gasteiger partial charge in [0.25, 0.3) is 0 Å². The molecule has 0 spiro atoms. The number of hydrogen-bond acceptors (Lipinski definition) is 5. The van der Waals surface area contributed by atoms with Crippen LogP contribution in [0.15, 0.2) is 18.7 Å². The Labute approximate surface area is 147 Å². The number of ether oxygens (including phenoxy) is 1. The molecular formula is C17H26N6O2. The summed E-state index contributed by atoms with van der Waals surface area (Å²) in [6, 6.07) is 0.0335. The predicted octanol–water partition coefficient (Wildman–Crippen LogP) is 0.572. The summed E-state index contributed by atoms with van der Waals surface area (Å²) in [5.41, 5.74) is 1.70. The van der Waals surface area contributed by atoms with Crippen molar-refractivity contribution in [3.05, 3.63) is 35.9 Å². The number of carbonyl (C=O) groups excluding carboxylic acids is 1. The van der Waals surface area contributed by atoms with Crippen LogP contribution in [-0.4, -0.2) is 62.7 Å². The lowest BCUT2D eigenvalue weighted by atomic mass is 10.1. The molecule has 3 rings (SSSR count). The average Bonchev–Trinajstić information content (AvgIpc) is 3.21. The Morgan fingerprint density at radius 3 is 2.96 bits per heavy atom. The summed E-state index contributed by atoms with van der Waals surface area (Å²) < 4.78 is 8.00. The molecule has 0 aromatic carbocycles. The first kappa shape index (κ1) is 17.6. The standard InChI is InChI=1S/C17H26N6O2/c1-4-23-7-8-25-14(16(23)17-18-5-6-22(17)3)10-19-15(24)9-13-12(2)20-11-21-13/h5-6,11,14,16H,4,7-10H2,1-3H3,(H,19,24)(H,20,21)/t14-,16+/m0/s1. The third-order valence-electron chi connectivity index (χ3n) is 4.75. The van der Waals surface area contributed by atoms with Crippen LogP contribution in [0.25, 0.3) is 0 Å². The van der Waals surface area contributed by atoms with Gasteiger partial charge in [0.05, 0.1) is 37.2 Å². The molecule has 1 amide bonds. The van der Waals surface area contributed by atoms with Gasteiger partial charge in [-0.1, -0.05) is 6.92 Å². The van der Waals surface area contributed by atoms with Crippen molar-refractivity contribution in [2.75, 3.05) is 26.2 Å². The highest BCUT2D eigenvalue weighted by molar-refractivity contribution is 5.78. The summed E-state index contributed by atoms with van der Waals surface area (Å²) in [6.07, 6.45) is 5.49. The van der Waals surface area contributed by atoms with E-state index in [4.69, 9.17) is 4.74 Å². The Hall–Kier alpha value is -2.19. The topological polar surface area (TPSA) is 88.1 Å². The molecule has 2 N–H and O–H groups in total. The molecule has 1 fully saturated rings. The third-order valence-corrected chi connectivity index (χ3v) is 4.75. The first-order valence-electron chi connectivity index (χ1n) is 8.68. The third kappa shape index (κ3) is 3.91. The normalized spacial score (nSPS) is 21.4. The fourth-order valence-corrected chi connectivity index (χ4v) is 3.30. The fraction of sp³-hybridized carbons (Fsp3) is 0.588. The van der Waals surface area contributed by atoms with E-state index in [-0.39, 0.29) is 24.5 Å². The Morgan fingerprint density at radius 1 is 1.48 bits per heavy atom. The number of amides is 1. The summed E-state index contributed by atoms with van der Waals surface area (Å²) in [5, 5.41) is 2.99. The number of aromatic amines is 1. The van der Waals surface area contributed by atoms with Crippen LogP contribution in [0.2, 0.25) is 0 Å². The second-order valence-electron chi connectivity index (χ2n) is 6.33. The lowest BCUT2D eigenvalue weighted by Gasteiger charge is -2.40. The SMILES string of the molecule is CCN1CCO[C@@H](CNC(=O)Cc2nc[nH]c2C)[C@@H]1c1nccn1C. The number of likely N-dealkylation sites (N-methyl/N-ethyl adjacent to an activating group) is 1. The maximum absolute atomic E-state index is 12.3. The molecule has 8 nitrogen and oxygen atoms in total. The molecule has 2 aromatic heterocycles. The van der Waals surface area contributed by atoms with Gasteiger partial charge in [0.1, 0.15) is 5.82 Å². The van der Waals surface area contributed by atoms with Gasteiger partial charge in [-0.05, 0) is 13.5 Å². The van der Waals surface area contributed by atoms with E-state index in [1.54, 1.807) is 12.5 Å². The predicted molar refractivity (Wildman–Crippen MR) is 93.0 cm³/mol. The first-order chi connectivity index (χ1) is 12.1. The van der Waals surface area contributed by atoms with Crippen LogP contribution in [0.4, 0.5) is 0 Å². The van der Waals surface area contributed by atoms with Gasteiger partial charge in [-0.2, -0.15) is 0 Å². The van der Waals surface area contributed by atoms with Gasteiger partial charge in [0, 0.05) is 38.2 Å². The van der Waals surface area contributed by atoms with Crippen LogP contribution in [-0.2, 0) is 23.0 Å². The number of rotatable bonds is 6. The molecule has 3 heterocycles. The zero-order chi connectivity index (χ0) is 17.8. The van der Waals surface area contributed by atoms with Crippen LogP contribution in [0.5, 0.6) is 0 Å². The smallest absolute Gasteiger partial charge is 0.226 e.